The Balaban J connectivity index is 2.20. The SMILES string of the molecule is COC(=O)C1CSCC(c2ccc(OC)cc2OC)N1. The molecule has 0 radical (unpaired) electrons. The number of hydrogen-bond donors (Lipinski definition) is 1. The fourth-order valence-corrected chi connectivity index (χ4v) is 3.32. The van der Waals surface area contributed by atoms with E-state index in [1.807, 2.05) is 18.2 Å². The zero-order valence-electron chi connectivity index (χ0n) is 11.8. The van der Waals surface area contributed by atoms with E-state index in [0.29, 0.717) is 0 Å². The summed E-state index contributed by atoms with van der Waals surface area (Å²) in [6, 6.07) is 5.49. The van der Waals surface area contributed by atoms with Gasteiger partial charge >= 0.3 is 5.97 Å². The Morgan fingerprint density at radius 2 is 2.05 bits per heavy atom. The Bertz CT molecular complexity index is 480. The summed E-state index contributed by atoms with van der Waals surface area (Å²) in [5.41, 5.74) is 1.02. The van der Waals surface area contributed by atoms with Gasteiger partial charge < -0.3 is 14.2 Å². The first-order valence-corrected chi connectivity index (χ1v) is 7.48. The van der Waals surface area contributed by atoms with Crippen LogP contribution in [0.4, 0.5) is 0 Å². The maximum Gasteiger partial charge on any atom is 0.323 e. The molecular weight excluding hydrogens is 278 g/mol. The van der Waals surface area contributed by atoms with Crippen molar-refractivity contribution in [2.45, 2.75) is 12.1 Å². The third-order valence-corrected chi connectivity index (χ3v) is 4.41. The Morgan fingerprint density at radius 3 is 2.70 bits per heavy atom. The molecule has 1 aromatic rings. The monoisotopic (exact) mass is 297 g/mol. The van der Waals surface area contributed by atoms with Crippen molar-refractivity contribution in [1.82, 2.24) is 5.32 Å². The van der Waals surface area contributed by atoms with E-state index >= 15 is 0 Å². The second-order valence-electron chi connectivity index (χ2n) is 4.44. The lowest BCUT2D eigenvalue weighted by molar-refractivity contribution is -0.142. The lowest BCUT2D eigenvalue weighted by Gasteiger charge is -2.30. The van der Waals surface area contributed by atoms with Crippen LogP contribution >= 0.6 is 11.8 Å². The minimum atomic E-state index is -0.282. The van der Waals surface area contributed by atoms with E-state index in [2.05, 4.69) is 5.32 Å². The zero-order chi connectivity index (χ0) is 14.5. The normalized spacial score (nSPS) is 22.1. The molecule has 1 saturated heterocycles. The molecule has 2 atom stereocenters. The van der Waals surface area contributed by atoms with Crippen molar-refractivity contribution in [3.05, 3.63) is 23.8 Å². The van der Waals surface area contributed by atoms with E-state index in [0.717, 1.165) is 28.6 Å². The molecule has 1 heterocycles. The molecule has 0 bridgehead atoms. The third-order valence-electron chi connectivity index (χ3n) is 3.27. The van der Waals surface area contributed by atoms with Gasteiger partial charge in [0.05, 0.1) is 21.3 Å². The summed E-state index contributed by atoms with van der Waals surface area (Å²) in [5, 5.41) is 3.32. The van der Waals surface area contributed by atoms with Gasteiger partial charge in [-0.15, -0.1) is 0 Å². The van der Waals surface area contributed by atoms with Crippen LogP contribution in [0.3, 0.4) is 0 Å². The summed E-state index contributed by atoms with van der Waals surface area (Å²) in [4.78, 5) is 11.6. The Kier molecular flexibility index (Phi) is 5.14. The number of esters is 1. The van der Waals surface area contributed by atoms with Crippen molar-refractivity contribution in [3.8, 4) is 11.5 Å². The maximum absolute atomic E-state index is 11.6. The smallest absolute Gasteiger partial charge is 0.323 e. The summed E-state index contributed by atoms with van der Waals surface area (Å²) in [5.74, 6) is 2.89. The van der Waals surface area contributed by atoms with Gasteiger partial charge in [-0.3, -0.25) is 10.1 Å². The number of nitrogens with one attached hydrogen (secondary N) is 1. The quantitative estimate of drug-likeness (QED) is 0.852. The average molecular weight is 297 g/mol. The fourth-order valence-electron chi connectivity index (χ4n) is 2.21. The van der Waals surface area contributed by atoms with Gasteiger partial charge in [0.2, 0.25) is 0 Å². The number of methoxy groups -OCH3 is 3. The van der Waals surface area contributed by atoms with E-state index in [-0.39, 0.29) is 18.1 Å². The summed E-state index contributed by atoms with van der Waals surface area (Å²) < 4.78 is 15.4. The van der Waals surface area contributed by atoms with Gasteiger partial charge in [-0.25, -0.2) is 0 Å². The zero-order valence-corrected chi connectivity index (χ0v) is 12.7. The van der Waals surface area contributed by atoms with Gasteiger partial charge in [0.15, 0.2) is 0 Å². The molecule has 20 heavy (non-hydrogen) atoms. The highest BCUT2D eigenvalue weighted by atomic mass is 32.2. The highest BCUT2D eigenvalue weighted by Gasteiger charge is 2.29. The summed E-state index contributed by atoms with van der Waals surface area (Å²) in [7, 11) is 4.66. The van der Waals surface area contributed by atoms with Crippen LogP contribution in [0, 0.1) is 0 Å². The minimum Gasteiger partial charge on any atom is -0.497 e. The van der Waals surface area contributed by atoms with E-state index in [9.17, 15) is 4.79 Å². The topological polar surface area (TPSA) is 56.8 Å². The molecule has 5 nitrogen and oxygen atoms in total. The van der Waals surface area contributed by atoms with Crippen LogP contribution in [0.25, 0.3) is 0 Å². The molecule has 1 N–H and O–H groups in total. The largest absolute Gasteiger partial charge is 0.497 e. The first kappa shape index (κ1) is 15.0. The molecule has 0 spiro atoms. The van der Waals surface area contributed by atoms with E-state index in [1.165, 1.54) is 7.11 Å². The molecule has 0 aliphatic carbocycles. The predicted octanol–water partition coefficient (Wildman–Crippen LogP) is 1.62. The van der Waals surface area contributed by atoms with Crippen molar-refractivity contribution >= 4 is 17.7 Å². The molecular formula is C14H19NO4S. The Hall–Kier alpha value is -1.40. The molecule has 110 valence electrons. The van der Waals surface area contributed by atoms with Crippen molar-refractivity contribution in [2.75, 3.05) is 32.8 Å². The van der Waals surface area contributed by atoms with Crippen LogP contribution in [0.2, 0.25) is 0 Å². The first-order chi connectivity index (χ1) is 9.69. The van der Waals surface area contributed by atoms with Crippen molar-refractivity contribution < 1.29 is 19.0 Å². The minimum absolute atomic E-state index is 0.0544. The molecule has 1 aliphatic heterocycles. The van der Waals surface area contributed by atoms with Gasteiger partial charge in [0.1, 0.15) is 17.5 Å². The molecule has 1 fully saturated rings. The Morgan fingerprint density at radius 1 is 1.25 bits per heavy atom. The summed E-state index contributed by atoms with van der Waals surface area (Å²) >= 11 is 1.73. The van der Waals surface area contributed by atoms with Gasteiger partial charge in [0.25, 0.3) is 0 Å². The number of carbonyl (C=O) groups is 1. The first-order valence-electron chi connectivity index (χ1n) is 6.33. The standard InChI is InChI=1S/C14H19NO4S/c1-17-9-4-5-10(13(6-9)18-2)11-7-20-8-12(15-11)14(16)19-3/h4-6,11-12,15H,7-8H2,1-3H3. The fraction of sp³-hybridized carbons (Fsp3) is 0.500. The van der Waals surface area contributed by atoms with Crippen LogP contribution in [-0.2, 0) is 9.53 Å². The molecule has 0 aromatic heterocycles. The van der Waals surface area contributed by atoms with Crippen LogP contribution in [0.15, 0.2) is 18.2 Å². The van der Waals surface area contributed by atoms with Crippen LogP contribution < -0.4 is 14.8 Å². The predicted molar refractivity (Wildman–Crippen MR) is 78.6 cm³/mol. The summed E-state index contributed by atoms with van der Waals surface area (Å²) in [6.07, 6.45) is 0. The Labute approximate surface area is 123 Å². The molecule has 1 aromatic carbocycles. The molecule has 2 rings (SSSR count). The van der Waals surface area contributed by atoms with Gasteiger partial charge in [0, 0.05) is 29.2 Å². The lowest BCUT2D eigenvalue weighted by atomic mass is 10.1. The van der Waals surface area contributed by atoms with E-state index in [1.54, 1.807) is 26.0 Å². The molecule has 0 saturated carbocycles. The van der Waals surface area contributed by atoms with Gasteiger partial charge in [-0.1, -0.05) is 6.07 Å². The van der Waals surface area contributed by atoms with Gasteiger partial charge in [-0.2, -0.15) is 11.8 Å². The highest BCUT2D eigenvalue weighted by molar-refractivity contribution is 7.99. The number of rotatable bonds is 4. The number of thioether (sulfide) groups is 1. The number of carbonyl (C=O) groups excluding carboxylic acids is 1. The van der Waals surface area contributed by atoms with Crippen LogP contribution in [0.1, 0.15) is 11.6 Å². The number of benzene rings is 1. The number of hydrogen-bond acceptors (Lipinski definition) is 6. The molecule has 1 aliphatic rings. The maximum atomic E-state index is 11.6. The van der Waals surface area contributed by atoms with E-state index in [4.69, 9.17) is 14.2 Å². The second kappa shape index (κ2) is 6.85. The third kappa shape index (κ3) is 3.19. The number of ether oxygens (including phenoxy) is 3. The van der Waals surface area contributed by atoms with Crippen molar-refractivity contribution in [2.24, 2.45) is 0 Å². The van der Waals surface area contributed by atoms with Crippen molar-refractivity contribution in [1.29, 1.82) is 0 Å². The lowest BCUT2D eigenvalue weighted by Crippen LogP contribution is -2.45. The van der Waals surface area contributed by atoms with Crippen molar-refractivity contribution in [3.63, 3.8) is 0 Å². The van der Waals surface area contributed by atoms with Gasteiger partial charge in [-0.05, 0) is 6.07 Å². The molecule has 6 heteroatoms. The van der Waals surface area contributed by atoms with Crippen LogP contribution in [0.5, 0.6) is 11.5 Å². The highest BCUT2D eigenvalue weighted by Crippen LogP contribution is 2.33. The summed E-state index contributed by atoms with van der Waals surface area (Å²) in [6.45, 7) is 0. The molecule has 2 unspecified atom stereocenters. The second-order valence-corrected chi connectivity index (χ2v) is 5.52. The van der Waals surface area contributed by atoms with E-state index < -0.39 is 0 Å². The average Bonchev–Trinajstić information content (AvgIpc) is 2.53. The van der Waals surface area contributed by atoms with Crippen LogP contribution in [-0.4, -0.2) is 44.8 Å². The molecule has 0 amide bonds.